The van der Waals surface area contributed by atoms with Gasteiger partial charge in [0, 0.05) is 12.1 Å². The van der Waals surface area contributed by atoms with Crippen LogP contribution in [-0.2, 0) is 6.42 Å². The van der Waals surface area contributed by atoms with Crippen LogP contribution >= 0.6 is 0 Å². The van der Waals surface area contributed by atoms with Gasteiger partial charge in [-0.2, -0.15) is 0 Å². The van der Waals surface area contributed by atoms with E-state index in [1.165, 1.54) is 0 Å². The van der Waals surface area contributed by atoms with Crippen molar-refractivity contribution in [3.63, 3.8) is 0 Å². The largest absolute Gasteiger partial charge is 0.493 e. The van der Waals surface area contributed by atoms with Crippen LogP contribution in [-0.4, -0.2) is 58.5 Å². The highest BCUT2D eigenvalue weighted by atomic mass is 16.5. The smallest absolute Gasteiger partial charge is 0.254 e. The minimum atomic E-state index is -0.377. The number of para-hydroxylation sites is 2. The Labute approximate surface area is 224 Å². The molecule has 0 saturated carbocycles. The van der Waals surface area contributed by atoms with Gasteiger partial charge in [-0.25, -0.2) is 0 Å². The van der Waals surface area contributed by atoms with Crippen molar-refractivity contribution in [1.82, 2.24) is 4.90 Å². The van der Waals surface area contributed by atoms with E-state index in [4.69, 9.17) is 28.4 Å². The molecular weight excluding hydrogens is 486 g/mol. The molecular formula is C30H35NO7. The molecule has 0 radical (unpaired) electrons. The number of amides is 1. The zero-order chi connectivity index (χ0) is 27.1. The van der Waals surface area contributed by atoms with Crippen LogP contribution in [0, 0.1) is 0 Å². The lowest BCUT2D eigenvalue weighted by atomic mass is 9.91. The molecule has 0 N–H and O–H groups in total. The van der Waals surface area contributed by atoms with Gasteiger partial charge in [-0.1, -0.05) is 12.1 Å². The van der Waals surface area contributed by atoms with Crippen molar-refractivity contribution in [2.24, 2.45) is 0 Å². The molecule has 0 spiro atoms. The van der Waals surface area contributed by atoms with Crippen LogP contribution in [0.2, 0.25) is 0 Å². The SMILES string of the molecule is CCOc1ccc(C(=O)N2CCc3cc(OC)c(OC)cc3C2COc2ccccc2OC)cc1OCC. The van der Waals surface area contributed by atoms with Crippen molar-refractivity contribution >= 4 is 5.91 Å². The first-order valence-electron chi connectivity index (χ1n) is 12.8. The molecule has 8 heteroatoms. The van der Waals surface area contributed by atoms with Gasteiger partial charge < -0.3 is 33.3 Å². The first-order chi connectivity index (χ1) is 18.5. The molecule has 8 nitrogen and oxygen atoms in total. The van der Waals surface area contributed by atoms with E-state index in [1.807, 2.05) is 55.1 Å². The van der Waals surface area contributed by atoms with Gasteiger partial charge in [0.15, 0.2) is 34.5 Å². The number of ether oxygens (including phenoxy) is 6. The van der Waals surface area contributed by atoms with Gasteiger partial charge in [0.05, 0.1) is 40.6 Å². The van der Waals surface area contributed by atoms with Gasteiger partial charge in [-0.3, -0.25) is 4.79 Å². The van der Waals surface area contributed by atoms with Crippen LogP contribution in [0.3, 0.4) is 0 Å². The fourth-order valence-electron chi connectivity index (χ4n) is 4.71. The molecule has 3 aromatic carbocycles. The Morgan fingerprint density at radius 2 is 1.39 bits per heavy atom. The third-order valence-electron chi connectivity index (χ3n) is 6.52. The average molecular weight is 522 g/mol. The second-order valence-electron chi connectivity index (χ2n) is 8.66. The van der Waals surface area contributed by atoms with E-state index in [1.54, 1.807) is 39.5 Å². The van der Waals surface area contributed by atoms with Gasteiger partial charge in [-0.05, 0) is 73.9 Å². The molecule has 4 rings (SSSR count). The lowest BCUT2D eigenvalue weighted by molar-refractivity contribution is 0.0587. The Morgan fingerprint density at radius 1 is 0.763 bits per heavy atom. The number of methoxy groups -OCH3 is 3. The van der Waals surface area contributed by atoms with E-state index in [9.17, 15) is 4.79 Å². The third kappa shape index (κ3) is 5.59. The van der Waals surface area contributed by atoms with E-state index in [2.05, 4.69) is 0 Å². The van der Waals surface area contributed by atoms with Crippen molar-refractivity contribution in [3.8, 4) is 34.5 Å². The van der Waals surface area contributed by atoms with E-state index in [0.717, 1.165) is 11.1 Å². The van der Waals surface area contributed by atoms with E-state index >= 15 is 0 Å². The predicted molar refractivity (Wildman–Crippen MR) is 144 cm³/mol. The number of hydrogen-bond donors (Lipinski definition) is 0. The maximum absolute atomic E-state index is 14.0. The Kier molecular flexibility index (Phi) is 8.84. The molecule has 0 bridgehead atoms. The molecule has 1 unspecified atom stereocenters. The molecule has 0 aromatic heterocycles. The summed E-state index contributed by atoms with van der Waals surface area (Å²) in [5.74, 6) is 3.53. The standard InChI is InChI=1S/C30H35NO7/c1-6-36-26-13-12-21(17-29(26)37-7-2)30(32)31-15-14-20-16-27(34-4)28(35-5)18-22(20)23(31)19-38-25-11-9-8-10-24(25)33-3/h8-13,16-18,23H,6-7,14-15,19H2,1-5H3. The number of carbonyl (C=O) groups is 1. The number of carbonyl (C=O) groups excluding carboxylic acids is 1. The maximum atomic E-state index is 14.0. The summed E-state index contributed by atoms with van der Waals surface area (Å²) in [5.41, 5.74) is 2.55. The summed E-state index contributed by atoms with van der Waals surface area (Å²) in [6.07, 6.45) is 0.669. The van der Waals surface area contributed by atoms with E-state index in [-0.39, 0.29) is 18.6 Å². The summed E-state index contributed by atoms with van der Waals surface area (Å²) in [6, 6.07) is 16.3. The molecule has 1 heterocycles. The quantitative estimate of drug-likeness (QED) is 0.338. The Balaban J connectivity index is 1.72. The Bertz CT molecular complexity index is 1260. The molecule has 1 atom stereocenters. The molecule has 38 heavy (non-hydrogen) atoms. The Hall–Kier alpha value is -4.07. The monoisotopic (exact) mass is 521 g/mol. The van der Waals surface area contributed by atoms with Crippen molar-refractivity contribution < 1.29 is 33.2 Å². The highest BCUT2D eigenvalue weighted by Crippen LogP contribution is 2.40. The summed E-state index contributed by atoms with van der Waals surface area (Å²) >= 11 is 0. The highest BCUT2D eigenvalue weighted by molar-refractivity contribution is 5.95. The number of nitrogens with zero attached hydrogens (tertiary/aromatic N) is 1. The molecule has 0 aliphatic carbocycles. The highest BCUT2D eigenvalue weighted by Gasteiger charge is 2.34. The molecule has 3 aromatic rings. The first-order valence-corrected chi connectivity index (χ1v) is 12.8. The van der Waals surface area contributed by atoms with Crippen molar-refractivity contribution in [2.45, 2.75) is 26.3 Å². The van der Waals surface area contributed by atoms with Gasteiger partial charge in [0.1, 0.15) is 6.61 Å². The molecule has 1 aliphatic rings. The van der Waals surface area contributed by atoms with E-state index < -0.39 is 0 Å². The van der Waals surface area contributed by atoms with Crippen LogP contribution in [0.1, 0.15) is 41.4 Å². The van der Waals surface area contributed by atoms with Crippen LogP contribution in [0.25, 0.3) is 0 Å². The molecule has 1 amide bonds. The van der Waals surface area contributed by atoms with E-state index in [0.29, 0.717) is 66.2 Å². The maximum Gasteiger partial charge on any atom is 0.254 e. The van der Waals surface area contributed by atoms with Gasteiger partial charge in [0.25, 0.3) is 5.91 Å². The summed E-state index contributed by atoms with van der Waals surface area (Å²) in [4.78, 5) is 15.8. The lowest BCUT2D eigenvalue weighted by Gasteiger charge is -2.38. The molecule has 0 fully saturated rings. The number of rotatable bonds is 11. The topological polar surface area (TPSA) is 75.7 Å². The molecule has 0 saturated heterocycles. The normalized spacial score (nSPS) is 14.3. The van der Waals surface area contributed by atoms with Crippen LogP contribution in [0.5, 0.6) is 34.5 Å². The molecule has 1 aliphatic heterocycles. The number of benzene rings is 3. The van der Waals surface area contributed by atoms with Crippen LogP contribution in [0.15, 0.2) is 54.6 Å². The van der Waals surface area contributed by atoms with Crippen LogP contribution in [0.4, 0.5) is 0 Å². The second kappa shape index (κ2) is 12.4. The second-order valence-corrected chi connectivity index (χ2v) is 8.66. The predicted octanol–water partition coefficient (Wildman–Crippen LogP) is 5.33. The minimum absolute atomic E-state index is 0.122. The summed E-state index contributed by atoms with van der Waals surface area (Å²) in [7, 11) is 4.82. The zero-order valence-electron chi connectivity index (χ0n) is 22.6. The number of fused-ring (bicyclic) bond motifs is 1. The minimum Gasteiger partial charge on any atom is -0.493 e. The van der Waals surface area contributed by atoms with Gasteiger partial charge in [0.2, 0.25) is 0 Å². The Morgan fingerprint density at radius 3 is 2.08 bits per heavy atom. The summed E-state index contributed by atoms with van der Waals surface area (Å²) < 4.78 is 34.3. The average Bonchev–Trinajstić information content (AvgIpc) is 2.95. The fraction of sp³-hybridized carbons (Fsp3) is 0.367. The van der Waals surface area contributed by atoms with Crippen molar-refractivity contribution in [3.05, 3.63) is 71.3 Å². The van der Waals surface area contributed by atoms with Crippen LogP contribution < -0.4 is 28.4 Å². The van der Waals surface area contributed by atoms with Gasteiger partial charge in [-0.15, -0.1) is 0 Å². The molecule has 202 valence electrons. The summed E-state index contributed by atoms with van der Waals surface area (Å²) in [5, 5.41) is 0. The summed E-state index contributed by atoms with van der Waals surface area (Å²) in [6.45, 7) is 5.52. The van der Waals surface area contributed by atoms with Gasteiger partial charge >= 0.3 is 0 Å². The van der Waals surface area contributed by atoms with Crippen molar-refractivity contribution in [1.29, 1.82) is 0 Å². The number of hydrogen-bond acceptors (Lipinski definition) is 7. The third-order valence-corrected chi connectivity index (χ3v) is 6.52. The fourth-order valence-corrected chi connectivity index (χ4v) is 4.71. The van der Waals surface area contributed by atoms with Crippen molar-refractivity contribution in [2.75, 3.05) is 47.7 Å². The lowest BCUT2D eigenvalue weighted by Crippen LogP contribution is -2.42. The zero-order valence-corrected chi connectivity index (χ0v) is 22.6. The first kappa shape index (κ1) is 27.0.